The highest BCUT2D eigenvalue weighted by Crippen LogP contribution is 2.18. The summed E-state index contributed by atoms with van der Waals surface area (Å²) in [7, 11) is 0. The number of hydrogen-bond donors (Lipinski definition) is 0. The molecule has 0 aromatic heterocycles. The Bertz CT molecular complexity index is 351. The van der Waals surface area contributed by atoms with Crippen LogP contribution in [0, 0.1) is 0 Å². The second-order valence-electron chi connectivity index (χ2n) is 2.30. The molecule has 0 fully saturated rings. The Morgan fingerprint density at radius 3 is 2.38 bits per heavy atom. The third-order valence-corrected chi connectivity index (χ3v) is 1.63. The highest BCUT2D eigenvalue weighted by atomic mass is 35.5. The fraction of sp³-hybridized carbons (Fsp3) is 0.125. The summed E-state index contributed by atoms with van der Waals surface area (Å²) in [5, 5.41) is -0.359. The molecule has 0 spiro atoms. The fourth-order valence-corrected chi connectivity index (χ4v) is 0.954. The van der Waals surface area contributed by atoms with Crippen LogP contribution in [0.25, 0.3) is 0 Å². The largest absolute Gasteiger partial charge is 0.421 e. The van der Waals surface area contributed by atoms with Crippen LogP contribution in [0.1, 0.15) is 6.92 Å². The molecular formula is C8H5ClO4. The number of ketones is 2. The van der Waals surface area contributed by atoms with Crippen LogP contribution in [0.3, 0.4) is 0 Å². The zero-order valence-electron chi connectivity index (χ0n) is 6.67. The van der Waals surface area contributed by atoms with Crippen molar-refractivity contribution in [3.63, 3.8) is 0 Å². The van der Waals surface area contributed by atoms with Gasteiger partial charge in [-0.1, -0.05) is 11.6 Å². The summed E-state index contributed by atoms with van der Waals surface area (Å²) < 4.78 is 4.47. The number of carbonyl (C=O) groups excluding carboxylic acids is 3. The van der Waals surface area contributed by atoms with Crippen LogP contribution in [0.2, 0.25) is 0 Å². The van der Waals surface area contributed by atoms with Crippen LogP contribution in [0.4, 0.5) is 0 Å². The Morgan fingerprint density at radius 2 is 1.85 bits per heavy atom. The van der Waals surface area contributed by atoms with Crippen molar-refractivity contribution in [1.82, 2.24) is 0 Å². The lowest BCUT2D eigenvalue weighted by Crippen LogP contribution is -2.15. The number of rotatable bonds is 1. The quantitative estimate of drug-likeness (QED) is 0.462. The van der Waals surface area contributed by atoms with Gasteiger partial charge in [0.2, 0.25) is 17.3 Å². The zero-order chi connectivity index (χ0) is 10.0. The predicted molar refractivity (Wildman–Crippen MR) is 43.8 cm³/mol. The van der Waals surface area contributed by atoms with E-state index in [1.165, 1.54) is 0 Å². The van der Waals surface area contributed by atoms with E-state index >= 15 is 0 Å². The van der Waals surface area contributed by atoms with Gasteiger partial charge in [-0.15, -0.1) is 0 Å². The van der Waals surface area contributed by atoms with Gasteiger partial charge in [-0.25, -0.2) is 0 Å². The molecule has 1 aliphatic rings. The maximum Gasteiger partial charge on any atom is 0.308 e. The summed E-state index contributed by atoms with van der Waals surface area (Å²) in [6, 6.07) is 0. The molecule has 0 aliphatic heterocycles. The van der Waals surface area contributed by atoms with E-state index in [0.29, 0.717) is 0 Å². The monoisotopic (exact) mass is 200 g/mol. The molecule has 0 bridgehead atoms. The topological polar surface area (TPSA) is 60.4 Å². The van der Waals surface area contributed by atoms with E-state index in [-0.39, 0.29) is 5.03 Å². The van der Waals surface area contributed by atoms with Crippen molar-refractivity contribution in [2.75, 3.05) is 0 Å². The normalized spacial score (nSPS) is 16.5. The lowest BCUT2D eigenvalue weighted by atomic mass is 10.1. The summed E-state index contributed by atoms with van der Waals surface area (Å²) in [4.78, 5) is 32.4. The second-order valence-corrected chi connectivity index (χ2v) is 2.68. The van der Waals surface area contributed by atoms with Gasteiger partial charge in [0.1, 0.15) is 5.03 Å². The zero-order valence-corrected chi connectivity index (χ0v) is 7.42. The molecule has 0 amide bonds. The number of halogens is 1. The highest BCUT2D eigenvalue weighted by Gasteiger charge is 2.23. The van der Waals surface area contributed by atoms with Crippen LogP contribution in [-0.4, -0.2) is 17.5 Å². The van der Waals surface area contributed by atoms with Gasteiger partial charge in [0.15, 0.2) is 0 Å². The minimum atomic E-state index is -0.690. The molecule has 0 aromatic carbocycles. The van der Waals surface area contributed by atoms with Crippen molar-refractivity contribution in [1.29, 1.82) is 0 Å². The van der Waals surface area contributed by atoms with Crippen LogP contribution < -0.4 is 0 Å². The molecule has 0 radical (unpaired) electrons. The number of allylic oxidation sites excluding steroid dienone is 3. The molecule has 0 atom stereocenters. The van der Waals surface area contributed by atoms with Gasteiger partial charge < -0.3 is 4.74 Å². The first-order chi connectivity index (χ1) is 6.02. The smallest absolute Gasteiger partial charge is 0.308 e. The molecule has 1 rings (SSSR count). The van der Waals surface area contributed by atoms with Crippen LogP contribution >= 0.6 is 11.6 Å². The van der Waals surface area contributed by atoms with Gasteiger partial charge in [0.05, 0.1) is 0 Å². The minimum absolute atomic E-state index is 0.359. The molecule has 0 unspecified atom stereocenters. The Balaban J connectivity index is 3.02. The number of ether oxygens (including phenoxy) is 1. The average Bonchev–Trinajstić information content (AvgIpc) is 2.05. The lowest BCUT2D eigenvalue weighted by Gasteiger charge is -2.07. The minimum Gasteiger partial charge on any atom is -0.421 e. The third kappa shape index (κ3) is 2.03. The van der Waals surface area contributed by atoms with Gasteiger partial charge in [-0.3, -0.25) is 14.4 Å². The molecule has 13 heavy (non-hydrogen) atoms. The second kappa shape index (κ2) is 3.53. The molecule has 5 heteroatoms. The third-order valence-electron chi connectivity index (χ3n) is 1.27. The van der Waals surface area contributed by atoms with Crippen molar-refractivity contribution in [2.45, 2.75) is 6.92 Å². The summed E-state index contributed by atoms with van der Waals surface area (Å²) >= 11 is 5.45. The van der Waals surface area contributed by atoms with E-state index in [1.807, 2.05) is 0 Å². The molecule has 68 valence electrons. The molecular weight excluding hydrogens is 196 g/mol. The van der Waals surface area contributed by atoms with E-state index in [4.69, 9.17) is 11.6 Å². The van der Waals surface area contributed by atoms with E-state index in [1.54, 1.807) is 0 Å². The van der Waals surface area contributed by atoms with E-state index in [0.717, 1.165) is 19.1 Å². The van der Waals surface area contributed by atoms with Crippen LogP contribution in [0.15, 0.2) is 22.9 Å². The van der Waals surface area contributed by atoms with Gasteiger partial charge in [-0.2, -0.15) is 0 Å². The molecule has 0 N–H and O–H groups in total. The molecule has 0 saturated carbocycles. The average molecular weight is 201 g/mol. The van der Waals surface area contributed by atoms with Crippen molar-refractivity contribution in [3.8, 4) is 0 Å². The maximum absolute atomic E-state index is 11.0. The summed E-state index contributed by atoms with van der Waals surface area (Å²) in [5.41, 5.74) is 0. The van der Waals surface area contributed by atoms with Gasteiger partial charge in [0.25, 0.3) is 0 Å². The molecule has 0 heterocycles. The first-order valence-electron chi connectivity index (χ1n) is 3.37. The lowest BCUT2D eigenvalue weighted by molar-refractivity contribution is -0.139. The Labute approximate surface area is 78.8 Å². The molecule has 1 aliphatic carbocycles. The van der Waals surface area contributed by atoms with Gasteiger partial charge in [-0.05, 0) is 12.2 Å². The van der Waals surface area contributed by atoms with Crippen molar-refractivity contribution in [3.05, 3.63) is 22.9 Å². The number of carbonyl (C=O) groups is 3. The number of esters is 1. The molecule has 0 saturated heterocycles. The Hall–Kier alpha value is -1.42. The highest BCUT2D eigenvalue weighted by molar-refractivity contribution is 6.47. The Morgan fingerprint density at radius 1 is 1.31 bits per heavy atom. The Kier molecular flexibility index (Phi) is 2.63. The van der Waals surface area contributed by atoms with Crippen molar-refractivity contribution in [2.24, 2.45) is 0 Å². The first kappa shape index (κ1) is 9.67. The summed E-state index contributed by atoms with van der Waals surface area (Å²) in [6.07, 6.45) is 2.03. The van der Waals surface area contributed by atoms with Gasteiger partial charge in [0, 0.05) is 6.92 Å². The van der Waals surface area contributed by atoms with Crippen LogP contribution in [0.5, 0.6) is 0 Å². The van der Waals surface area contributed by atoms with Crippen molar-refractivity contribution < 1.29 is 19.1 Å². The van der Waals surface area contributed by atoms with E-state index in [9.17, 15) is 14.4 Å². The fourth-order valence-electron chi connectivity index (χ4n) is 0.759. The van der Waals surface area contributed by atoms with Crippen molar-refractivity contribution >= 4 is 29.1 Å². The standard InChI is InChI=1S/C8H5ClO4/c1-4(10)13-8-6(12)3-2-5(11)7(8)9/h2-3H,1H3. The van der Waals surface area contributed by atoms with Gasteiger partial charge >= 0.3 is 5.97 Å². The summed E-state index contributed by atoms with van der Waals surface area (Å²) in [5.74, 6) is -2.22. The SMILES string of the molecule is CC(=O)OC1=C(Cl)C(=O)C=CC1=O. The molecule has 4 nitrogen and oxygen atoms in total. The maximum atomic E-state index is 11.0. The van der Waals surface area contributed by atoms with Crippen LogP contribution in [-0.2, 0) is 19.1 Å². The van der Waals surface area contributed by atoms with E-state index in [2.05, 4.69) is 4.74 Å². The predicted octanol–water partition coefficient (Wildman–Crippen LogP) is 0.708. The van der Waals surface area contributed by atoms with E-state index < -0.39 is 23.3 Å². The molecule has 0 aromatic rings. The summed E-state index contributed by atoms with van der Waals surface area (Å²) in [6.45, 7) is 1.12. The number of hydrogen-bond acceptors (Lipinski definition) is 4. The first-order valence-corrected chi connectivity index (χ1v) is 3.75.